The number of aliphatic hydroxyl groups excluding tert-OH is 1. The van der Waals surface area contributed by atoms with Crippen LogP contribution >= 0.6 is 0 Å². The summed E-state index contributed by atoms with van der Waals surface area (Å²) < 4.78 is 25.9. The monoisotopic (exact) mass is 627 g/mol. The van der Waals surface area contributed by atoms with Gasteiger partial charge in [0, 0.05) is 42.6 Å². The molecule has 2 heterocycles. The van der Waals surface area contributed by atoms with Gasteiger partial charge in [0.2, 0.25) is 0 Å². The van der Waals surface area contributed by atoms with Crippen molar-refractivity contribution in [3.05, 3.63) is 24.0 Å². The highest BCUT2D eigenvalue weighted by atomic mass is 16.5. The van der Waals surface area contributed by atoms with E-state index in [0.29, 0.717) is 36.0 Å². The number of allylic oxidation sites excluding steroid dienone is 2. The summed E-state index contributed by atoms with van der Waals surface area (Å²) in [7, 11) is 3.96. The molecule has 0 spiro atoms. The van der Waals surface area contributed by atoms with Crippen molar-refractivity contribution in [2.75, 3.05) is 47.2 Å². The smallest absolute Gasteiger partial charge is 0.0916 e. The van der Waals surface area contributed by atoms with Crippen molar-refractivity contribution in [1.29, 1.82) is 0 Å². The van der Waals surface area contributed by atoms with E-state index in [4.69, 9.17) is 18.9 Å². The van der Waals surface area contributed by atoms with Crippen LogP contribution in [0.15, 0.2) is 24.0 Å². The Balaban J connectivity index is 1.36. The minimum absolute atomic E-state index is 0.00871. The van der Waals surface area contributed by atoms with Gasteiger partial charge < -0.3 is 29.4 Å². The maximum Gasteiger partial charge on any atom is 0.0916 e. The first-order chi connectivity index (χ1) is 21.2. The van der Waals surface area contributed by atoms with E-state index in [-0.39, 0.29) is 50.7 Å². The molecule has 2 N–H and O–H groups in total. The SMILES string of the molecule is C=C(O)[C@@H]1[C@@](C)([C@H](C)C(C)C)CC[C@]2(C)[C@H]3CC[C@@H]4[C@@]5(COC[C@]4(C)[C@@H](OCC4(NC)CCOCC4)[C@H](OC)C5)C3=CC[C@@]12C. The van der Waals surface area contributed by atoms with Crippen LogP contribution in [0.5, 0.6) is 0 Å². The van der Waals surface area contributed by atoms with Gasteiger partial charge in [0.15, 0.2) is 0 Å². The van der Waals surface area contributed by atoms with Gasteiger partial charge in [-0.05, 0) is 98.3 Å². The van der Waals surface area contributed by atoms with Gasteiger partial charge in [-0.2, -0.15) is 0 Å². The Kier molecular flexibility index (Phi) is 8.76. The third-order valence-corrected chi connectivity index (χ3v) is 16.0. The molecule has 0 aromatic heterocycles. The van der Waals surface area contributed by atoms with Gasteiger partial charge in [-0.15, -0.1) is 0 Å². The summed E-state index contributed by atoms with van der Waals surface area (Å²) in [5, 5.41) is 15.0. The van der Waals surface area contributed by atoms with Crippen molar-refractivity contribution in [3.63, 3.8) is 0 Å². The minimum atomic E-state index is -0.121. The molecular weight excluding hydrogens is 562 g/mol. The van der Waals surface area contributed by atoms with Gasteiger partial charge >= 0.3 is 0 Å². The van der Waals surface area contributed by atoms with Crippen molar-refractivity contribution in [2.24, 2.45) is 56.7 Å². The predicted octanol–water partition coefficient (Wildman–Crippen LogP) is 7.73. The highest BCUT2D eigenvalue weighted by Gasteiger charge is 2.71. The van der Waals surface area contributed by atoms with Crippen molar-refractivity contribution in [3.8, 4) is 0 Å². The number of hydrogen-bond donors (Lipinski definition) is 2. The average Bonchev–Trinajstić information content (AvgIpc) is 3.00. The molecule has 2 saturated heterocycles. The van der Waals surface area contributed by atoms with Crippen LogP contribution in [0.2, 0.25) is 0 Å². The van der Waals surface area contributed by atoms with E-state index in [1.807, 2.05) is 7.11 Å². The van der Waals surface area contributed by atoms with Crippen molar-refractivity contribution in [2.45, 2.75) is 118 Å². The summed E-state index contributed by atoms with van der Waals surface area (Å²) in [6, 6.07) is 0. The normalized spacial score (nSPS) is 48.0. The zero-order valence-corrected chi connectivity index (χ0v) is 30.1. The molecule has 2 aliphatic heterocycles. The lowest BCUT2D eigenvalue weighted by Gasteiger charge is -2.71. The zero-order valence-electron chi connectivity index (χ0n) is 30.1. The largest absolute Gasteiger partial charge is 0.513 e. The standard InChI is InChI=1S/C39H65NO5/c1-25(2)26(3)34(5)15-16-36(7)28-11-12-31-35(6)22-44-24-39(31,29(28)13-14-37(36,8)32(34)27(4)41)21-30(42-10)33(35)45-23-38(40-9)17-19-43-20-18-38/h13,25-26,28,30-33,40-41H,4,11-12,14-24H2,1-3,5-10H3/t26-,28+,30-,31+,32-,33+,34-,35+,36-,37+,39+/m1/s1. The fourth-order valence-electron chi connectivity index (χ4n) is 12.8. The van der Waals surface area contributed by atoms with Crippen LogP contribution in [0.25, 0.3) is 0 Å². The van der Waals surface area contributed by atoms with E-state index in [0.717, 1.165) is 58.5 Å². The van der Waals surface area contributed by atoms with Crippen molar-refractivity contribution < 1.29 is 24.1 Å². The quantitative estimate of drug-likeness (QED) is 0.212. The number of nitrogens with one attached hydrogen (secondary N) is 1. The summed E-state index contributed by atoms with van der Waals surface area (Å²) in [6.45, 7) is 25.1. The van der Waals surface area contributed by atoms with Gasteiger partial charge in [-0.3, -0.25) is 0 Å². The molecule has 0 aromatic rings. The van der Waals surface area contributed by atoms with Gasteiger partial charge in [0.05, 0.1) is 37.8 Å². The molecular formula is C39H65NO5. The van der Waals surface area contributed by atoms with Crippen LogP contribution in [0.3, 0.4) is 0 Å². The first-order valence-corrected chi connectivity index (χ1v) is 18.3. The first-order valence-electron chi connectivity index (χ1n) is 18.3. The fraction of sp³-hybridized carbons (Fsp3) is 0.897. The predicted molar refractivity (Wildman–Crippen MR) is 180 cm³/mol. The van der Waals surface area contributed by atoms with E-state index in [1.165, 1.54) is 19.3 Å². The number of fused-ring (bicyclic) bond motifs is 3. The number of hydrogen-bond acceptors (Lipinski definition) is 6. The molecule has 6 heteroatoms. The Morgan fingerprint density at radius 3 is 2.36 bits per heavy atom. The van der Waals surface area contributed by atoms with Crippen molar-refractivity contribution in [1.82, 2.24) is 5.32 Å². The van der Waals surface area contributed by atoms with E-state index < -0.39 is 0 Å². The Bertz CT molecular complexity index is 1160. The summed E-state index contributed by atoms with van der Waals surface area (Å²) >= 11 is 0. The second-order valence-corrected chi connectivity index (χ2v) is 17.9. The number of methoxy groups -OCH3 is 1. The summed E-state index contributed by atoms with van der Waals surface area (Å²) in [5.41, 5.74) is 1.49. The molecule has 4 aliphatic carbocycles. The van der Waals surface area contributed by atoms with Crippen LogP contribution < -0.4 is 5.32 Å². The van der Waals surface area contributed by atoms with E-state index in [1.54, 1.807) is 5.57 Å². The Hall–Kier alpha value is -0.920. The molecule has 0 radical (unpaired) electrons. The van der Waals surface area contributed by atoms with E-state index in [9.17, 15) is 5.11 Å². The Morgan fingerprint density at radius 1 is 1.02 bits per heavy atom. The number of aliphatic hydroxyl groups is 1. The maximum absolute atomic E-state index is 11.4. The average molecular weight is 628 g/mol. The van der Waals surface area contributed by atoms with Crippen molar-refractivity contribution >= 4 is 0 Å². The molecule has 6 rings (SSSR count). The Morgan fingerprint density at radius 2 is 1.73 bits per heavy atom. The number of rotatable bonds is 8. The van der Waals surface area contributed by atoms with Gasteiger partial charge in [0.25, 0.3) is 0 Å². The van der Waals surface area contributed by atoms with E-state index >= 15 is 0 Å². The molecule has 5 fully saturated rings. The van der Waals surface area contributed by atoms with Crippen LogP contribution in [0, 0.1) is 56.7 Å². The lowest BCUT2D eigenvalue weighted by molar-refractivity contribution is -0.270. The van der Waals surface area contributed by atoms with Crippen LogP contribution in [0.1, 0.15) is 99.8 Å². The molecule has 3 saturated carbocycles. The van der Waals surface area contributed by atoms with Crippen LogP contribution in [-0.2, 0) is 18.9 Å². The van der Waals surface area contributed by atoms with Gasteiger partial charge in [-0.1, -0.05) is 66.7 Å². The highest BCUT2D eigenvalue weighted by molar-refractivity contribution is 5.36. The summed E-state index contributed by atoms with van der Waals surface area (Å²) in [4.78, 5) is 0. The molecule has 0 aromatic carbocycles. The van der Waals surface area contributed by atoms with Gasteiger partial charge in [-0.25, -0.2) is 0 Å². The number of likely N-dealkylation sites (N-methyl/N-ethyl adjacent to an activating group) is 1. The molecule has 45 heavy (non-hydrogen) atoms. The Labute approximate surface area is 274 Å². The second-order valence-electron chi connectivity index (χ2n) is 17.9. The molecule has 6 aliphatic rings. The molecule has 2 bridgehead atoms. The summed E-state index contributed by atoms with van der Waals surface area (Å²) in [5.74, 6) is 2.51. The lowest BCUT2D eigenvalue weighted by atomic mass is 9.34. The first kappa shape index (κ1) is 34.0. The summed E-state index contributed by atoms with van der Waals surface area (Å²) in [6.07, 6.45) is 11.2. The molecule has 0 amide bonds. The zero-order chi connectivity index (χ0) is 32.6. The van der Waals surface area contributed by atoms with E-state index in [2.05, 4.69) is 73.5 Å². The molecule has 6 nitrogen and oxygen atoms in total. The second kappa shape index (κ2) is 11.6. The van der Waals surface area contributed by atoms with Crippen LogP contribution in [0.4, 0.5) is 0 Å². The third kappa shape index (κ3) is 4.72. The minimum Gasteiger partial charge on any atom is -0.513 e. The molecule has 11 atom stereocenters. The highest BCUT2D eigenvalue weighted by Crippen LogP contribution is 2.75. The third-order valence-electron chi connectivity index (χ3n) is 16.0. The van der Waals surface area contributed by atoms with Gasteiger partial charge in [0.1, 0.15) is 0 Å². The molecule has 0 unspecified atom stereocenters. The number of ether oxygens (including phenoxy) is 4. The lowest BCUT2D eigenvalue weighted by Crippen LogP contribution is -2.70. The fourth-order valence-corrected chi connectivity index (χ4v) is 12.8. The molecule has 256 valence electrons. The maximum atomic E-state index is 11.4. The topological polar surface area (TPSA) is 69.2 Å². The van der Waals surface area contributed by atoms with Crippen LogP contribution in [-0.4, -0.2) is 70.0 Å².